The number of carbonyl (C=O) groups is 1. The summed E-state index contributed by atoms with van der Waals surface area (Å²) in [5.41, 5.74) is 7.23. The summed E-state index contributed by atoms with van der Waals surface area (Å²) in [5, 5.41) is 7.37. The lowest BCUT2D eigenvalue weighted by Crippen LogP contribution is -2.32. The van der Waals surface area contributed by atoms with E-state index in [1.807, 2.05) is 4.57 Å². The third-order valence-electron chi connectivity index (χ3n) is 7.15. The van der Waals surface area contributed by atoms with Crippen LogP contribution in [0.3, 0.4) is 0 Å². The molecule has 2 aliphatic rings. The van der Waals surface area contributed by atoms with Gasteiger partial charge in [0, 0.05) is 30.8 Å². The van der Waals surface area contributed by atoms with E-state index in [1.165, 1.54) is 0 Å². The fourth-order valence-corrected chi connectivity index (χ4v) is 5.60. The number of halogens is 4. The maximum absolute atomic E-state index is 13.6. The molecule has 0 radical (unpaired) electrons. The maximum atomic E-state index is 13.6. The second-order valence-electron chi connectivity index (χ2n) is 9.61. The monoisotopic (exact) mass is 537 g/mol. The number of amides is 1. The fraction of sp³-hybridized carbons (Fsp3) is 0.500. The van der Waals surface area contributed by atoms with Gasteiger partial charge in [0.2, 0.25) is 23.7 Å². The van der Waals surface area contributed by atoms with Crippen molar-refractivity contribution in [1.29, 1.82) is 0 Å². The highest BCUT2D eigenvalue weighted by Gasteiger charge is 2.35. The van der Waals surface area contributed by atoms with Crippen molar-refractivity contribution in [2.75, 3.05) is 10.6 Å². The molecule has 0 bridgehead atoms. The Labute approximate surface area is 217 Å². The molecule has 1 aromatic carbocycles. The number of aromatic nitrogens is 4. The number of nitrogens with two attached hydrogens (primary N) is 1. The number of hydrogen-bond acceptors (Lipinski definition) is 6. The molecule has 1 amide bonds. The molecule has 0 spiro atoms. The molecule has 5 rings (SSSR count). The number of primary amides is 1. The van der Waals surface area contributed by atoms with Gasteiger partial charge in [-0.25, -0.2) is 18.7 Å². The number of alkyl halides is 2. The number of imidazole rings is 1. The normalized spacial score (nSPS) is 22.4. The van der Waals surface area contributed by atoms with Crippen LogP contribution >= 0.6 is 23.2 Å². The van der Waals surface area contributed by atoms with E-state index in [1.54, 1.807) is 24.4 Å². The second kappa shape index (κ2) is 9.97. The van der Waals surface area contributed by atoms with Crippen molar-refractivity contribution in [3.8, 4) is 0 Å². The molecule has 4 N–H and O–H groups in total. The predicted molar refractivity (Wildman–Crippen MR) is 136 cm³/mol. The Bertz CT molecular complexity index is 1250. The lowest BCUT2D eigenvalue weighted by molar-refractivity contribution is -0.122. The van der Waals surface area contributed by atoms with Gasteiger partial charge in [-0.05, 0) is 50.7 Å². The first-order valence-electron chi connectivity index (χ1n) is 12.1. The number of carbonyl (C=O) groups excluding carboxylic acids is 1. The van der Waals surface area contributed by atoms with Crippen LogP contribution in [0.25, 0.3) is 11.2 Å². The number of rotatable bonds is 6. The van der Waals surface area contributed by atoms with Crippen LogP contribution in [0, 0.1) is 5.92 Å². The minimum Gasteiger partial charge on any atom is -0.369 e. The van der Waals surface area contributed by atoms with Crippen molar-refractivity contribution < 1.29 is 13.6 Å². The third-order valence-corrected chi connectivity index (χ3v) is 7.78. The van der Waals surface area contributed by atoms with Gasteiger partial charge in [0.25, 0.3) is 0 Å². The van der Waals surface area contributed by atoms with Crippen LogP contribution in [0.2, 0.25) is 10.0 Å². The molecular formula is C24H27Cl2F2N7O. The largest absolute Gasteiger partial charge is 0.369 e. The zero-order chi connectivity index (χ0) is 25.4. The predicted octanol–water partition coefficient (Wildman–Crippen LogP) is 6.08. The Hall–Kier alpha value is -2.72. The lowest BCUT2D eigenvalue weighted by atomic mass is 9.85. The first-order chi connectivity index (χ1) is 17.2. The first-order valence-corrected chi connectivity index (χ1v) is 12.9. The summed E-state index contributed by atoms with van der Waals surface area (Å²) in [6.07, 6.45) is 4.78. The molecule has 2 aliphatic carbocycles. The summed E-state index contributed by atoms with van der Waals surface area (Å²) in [4.78, 5) is 25.5. The van der Waals surface area contributed by atoms with Gasteiger partial charge >= 0.3 is 0 Å². The van der Waals surface area contributed by atoms with E-state index in [0.29, 0.717) is 77.3 Å². The smallest absolute Gasteiger partial charge is 0.248 e. The van der Waals surface area contributed by atoms with Gasteiger partial charge in [-0.2, -0.15) is 4.98 Å². The highest BCUT2D eigenvalue weighted by molar-refractivity contribution is 6.39. The summed E-state index contributed by atoms with van der Waals surface area (Å²) in [6.45, 7) is 0. The van der Waals surface area contributed by atoms with Gasteiger partial charge in [0.1, 0.15) is 5.52 Å². The minimum absolute atomic E-state index is 0.00508. The standard InChI is InChI=1S/C24H27Cl2F2N7O/c25-16-2-1-3-17(26)19(16)33-23-32-18-12-30-22(31-14-8-10-24(27,28)11-9-14)34-21(18)35(23)15-6-4-13(5-7-15)20(29)36/h1-3,12-15H,4-11H2,(H2,29,36)(H,32,33)(H,30,31,34). The van der Waals surface area contributed by atoms with Crippen molar-refractivity contribution in [2.24, 2.45) is 11.7 Å². The molecule has 2 aromatic heterocycles. The van der Waals surface area contributed by atoms with Gasteiger partial charge in [0.15, 0.2) is 5.65 Å². The van der Waals surface area contributed by atoms with Crippen LogP contribution in [0.5, 0.6) is 0 Å². The number of nitrogens with zero attached hydrogens (tertiary/aromatic N) is 4. The zero-order valence-electron chi connectivity index (χ0n) is 19.5. The van der Waals surface area contributed by atoms with E-state index in [2.05, 4.69) is 15.6 Å². The van der Waals surface area contributed by atoms with Crippen LogP contribution in [0.15, 0.2) is 24.4 Å². The molecule has 0 aliphatic heterocycles. The molecular weight excluding hydrogens is 511 g/mol. The van der Waals surface area contributed by atoms with E-state index < -0.39 is 5.92 Å². The zero-order valence-corrected chi connectivity index (χ0v) is 21.0. The van der Waals surface area contributed by atoms with Crippen molar-refractivity contribution in [3.05, 3.63) is 34.4 Å². The van der Waals surface area contributed by atoms with Gasteiger partial charge in [-0.1, -0.05) is 29.3 Å². The molecule has 0 saturated heterocycles. The third kappa shape index (κ3) is 5.20. The number of nitrogens with one attached hydrogen (secondary N) is 2. The van der Waals surface area contributed by atoms with Gasteiger partial charge < -0.3 is 16.4 Å². The Morgan fingerprint density at radius 1 is 1.06 bits per heavy atom. The van der Waals surface area contributed by atoms with Crippen molar-refractivity contribution in [3.63, 3.8) is 0 Å². The second-order valence-corrected chi connectivity index (χ2v) is 10.4. The van der Waals surface area contributed by atoms with Crippen molar-refractivity contribution >= 4 is 57.9 Å². The molecule has 8 nitrogen and oxygen atoms in total. The highest BCUT2D eigenvalue weighted by Crippen LogP contribution is 2.39. The number of para-hydroxylation sites is 1. The van der Waals surface area contributed by atoms with Crippen LogP contribution in [-0.4, -0.2) is 37.4 Å². The Morgan fingerprint density at radius 3 is 2.36 bits per heavy atom. The molecule has 2 heterocycles. The number of fused-ring (bicyclic) bond motifs is 1. The van der Waals surface area contributed by atoms with Crippen LogP contribution in [0.4, 0.5) is 26.4 Å². The Kier molecular flexibility index (Phi) is 6.91. The van der Waals surface area contributed by atoms with Gasteiger partial charge in [-0.3, -0.25) is 9.36 Å². The SMILES string of the molecule is NC(=O)C1CCC(n2c(Nc3c(Cl)cccc3Cl)nc3cnc(NC4CCC(F)(F)CC4)nc32)CC1. The first kappa shape index (κ1) is 25.0. The summed E-state index contributed by atoms with van der Waals surface area (Å²) in [5.74, 6) is -2.16. The number of hydrogen-bond donors (Lipinski definition) is 3. The molecule has 36 heavy (non-hydrogen) atoms. The highest BCUT2D eigenvalue weighted by atomic mass is 35.5. The van der Waals surface area contributed by atoms with Crippen LogP contribution < -0.4 is 16.4 Å². The molecule has 3 aromatic rings. The molecule has 2 fully saturated rings. The maximum Gasteiger partial charge on any atom is 0.248 e. The van der Waals surface area contributed by atoms with Crippen LogP contribution in [-0.2, 0) is 4.79 Å². The summed E-state index contributed by atoms with van der Waals surface area (Å²) >= 11 is 12.8. The van der Waals surface area contributed by atoms with Crippen LogP contribution in [0.1, 0.15) is 57.4 Å². The fourth-order valence-electron chi connectivity index (χ4n) is 5.11. The van der Waals surface area contributed by atoms with E-state index >= 15 is 0 Å². The molecule has 192 valence electrons. The number of anilines is 3. The summed E-state index contributed by atoms with van der Waals surface area (Å²) in [7, 11) is 0. The van der Waals surface area contributed by atoms with Gasteiger partial charge in [-0.15, -0.1) is 0 Å². The van der Waals surface area contributed by atoms with E-state index in [0.717, 1.165) is 0 Å². The van der Waals surface area contributed by atoms with E-state index in [9.17, 15) is 13.6 Å². The molecule has 0 atom stereocenters. The van der Waals surface area contributed by atoms with E-state index in [-0.39, 0.29) is 36.8 Å². The van der Waals surface area contributed by atoms with E-state index in [4.69, 9.17) is 38.9 Å². The average molecular weight is 538 g/mol. The Morgan fingerprint density at radius 2 is 1.72 bits per heavy atom. The van der Waals surface area contributed by atoms with Crippen molar-refractivity contribution in [2.45, 2.75) is 69.4 Å². The number of benzene rings is 1. The Balaban J connectivity index is 1.48. The van der Waals surface area contributed by atoms with Gasteiger partial charge in [0.05, 0.1) is 21.9 Å². The molecule has 2 saturated carbocycles. The minimum atomic E-state index is -2.61. The summed E-state index contributed by atoms with van der Waals surface area (Å²) in [6, 6.07) is 5.11. The molecule has 0 unspecified atom stereocenters. The lowest BCUT2D eigenvalue weighted by Gasteiger charge is -2.29. The summed E-state index contributed by atoms with van der Waals surface area (Å²) < 4.78 is 29.1. The molecule has 12 heteroatoms. The topological polar surface area (TPSA) is 111 Å². The van der Waals surface area contributed by atoms with Crippen molar-refractivity contribution in [1.82, 2.24) is 19.5 Å². The average Bonchev–Trinajstić information content (AvgIpc) is 3.20. The quantitative estimate of drug-likeness (QED) is 0.351.